The molecule has 0 bridgehead atoms. The molecule has 1 aliphatic rings. The third-order valence-corrected chi connectivity index (χ3v) is 4.19. The number of carbonyl (C=O) groups excluding carboxylic acids is 1. The maximum Gasteiger partial charge on any atom is 0.177 e. The third kappa shape index (κ3) is 2.46. The van der Waals surface area contributed by atoms with Crippen LogP contribution in [0.1, 0.15) is 41.3 Å². The summed E-state index contributed by atoms with van der Waals surface area (Å²) in [5, 5.41) is 0. The van der Waals surface area contributed by atoms with Crippen molar-refractivity contribution in [2.24, 2.45) is 0 Å². The highest BCUT2D eigenvalue weighted by atomic mass is 16.5. The molecule has 21 heavy (non-hydrogen) atoms. The molecule has 2 heteroatoms. The molecule has 108 valence electrons. The van der Waals surface area contributed by atoms with Gasteiger partial charge in [0.05, 0.1) is 17.6 Å². The Labute approximate surface area is 125 Å². The van der Waals surface area contributed by atoms with Gasteiger partial charge in [0.2, 0.25) is 0 Å². The number of carbonyl (C=O) groups is 1. The van der Waals surface area contributed by atoms with Gasteiger partial charge >= 0.3 is 0 Å². The first-order chi connectivity index (χ1) is 10.2. The van der Waals surface area contributed by atoms with Crippen molar-refractivity contribution in [1.29, 1.82) is 0 Å². The van der Waals surface area contributed by atoms with E-state index in [9.17, 15) is 4.79 Å². The summed E-state index contributed by atoms with van der Waals surface area (Å²) >= 11 is 0. The predicted octanol–water partition coefficient (Wildman–Crippen LogP) is 4.31. The van der Waals surface area contributed by atoms with Gasteiger partial charge in [-0.1, -0.05) is 42.0 Å². The Hall–Kier alpha value is -2.09. The second-order valence-electron chi connectivity index (χ2n) is 5.71. The summed E-state index contributed by atoms with van der Waals surface area (Å²) in [7, 11) is 0. The Morgan fingerprint density at radius 2 is 1.86 bits per heavy atom. The molecule has 0 aliphatic heterocycles. The number of hydrogen-bond donors (Lipinski definition) is 0. The molecule has 1 aliphatic carbocycles. The van der Waals surface area contributed by atoms with Gasteiger partial charge in [0, 0.05) is 0 Å². The molecule has 2 aromatic carbocycles. The molecular weight excluding hydrogens is 260 g/mol. The number of ketones is 1. The van der Waals surface area contributed by atoms with Crippen molar-refractivity contribution >= 4 is 5.78 Å². The van der Waals surface area contributed by atoms with Crippen molar-refractivity contribution in [2.45, 2.75) is 32.1 Å². The van der Waals surface area contributed by atoms with E-state index in [2.05, 4.69) is 12.1 Å². The standard InChI is InChI=1S/C19H20O2/c1-3-21-17-10-9-14(2)13-16(17)18(20)19(11-12-19)15-7-5-4-6-8-15/h4-10,13H,3,11-12H2,1-2H3. The van der Waals surface area contributed by atoms with Crippen molar-refractivity contribution in [3.8, 4) is 5.75 Å². The van der Waals surface area contributed by atoms with Gasteiger partial charge in [-0.15, -0.1) is 0 Å². The molecular formula is C19H20O2. The van der Waals surface area contributed by atoms with Gasteiger partial charge in [0.1, 0.15) is 5.75 Å². The maximum atomic E-state index is 13.1. The first-order valence-corrected chi connectivity index (χ1v) is 7.51. The van der Waals surface area contributed by atoms with Crippen LogP contribution < -0.4 is 4.74 Å². The fourth-order valence-corrected chi connectivity index (χ4v) is 2.89. The first kappa shape index (κ1) is 13.9. The van der Waals surface area contributed by atoms with Crippen LogP contribution in [-0.4, -0.2) is 12.4 Å². The Bertz CT molecular complexity index is 655. The Kier molecular flexibility index (Phi) is 3.54. The van der Waals surface area contributed by atoms with E-state index in [-0.39, 0.29) is 11.2 Å². The van der Waals surface area contributed by atoms with E-state index in [0.29, 0.717) is 12.4 Å². The lowest BCUT2D eigenvalue weighted by atomic mass is 9.87. The molecule has 0 saturated heterocycles. The molecule has 0 spiro atoms. The van der Waals surface area contributed by atoms with Crippen LogP contribution in [0.5, 0.6) is 5.75 Å². The molecule has 3 rings (SSSR count). The van der Waals surface area contributed by atoms with Crippen LogP contribution in [0.4, 0.5) is 0 Å². The average molecular weight is 280 g/mol. The zero-order valence-corrected chi connectivity index (χ0v) is 12.6. The first-order valence-electron chi connectivity index (χ1n) is 7.51. The topological polar surface area (TPSA) is 26.3 Å². The van der Waals surface area contributed by atoms with E-state index in [4.69, 9.17) is 4.74 Å². The van der Waals surface area contributed by atoms with Crippen molar-refractivity contribution in [3.05, 3.63) is 65.2 Å². The number of rotatable bonds is 5. The minimum absolute atomic E-state index is 0.195. The molecule has 2 aromatic rings. The monoisotopic (exact) mass is 280 g/mol. The molecule has 0 atom stereocenters. The van der Waals surface area contributed by atoms with E-state index in [1.807, 2.05) is 50.2 Å². The lowest BCUT2D eigenvalue weighted by molar-refractivity contribution is 0.0942. The van der Waals surface area contributed by atoms with E-state index < -0.39 is 0 Å². The smallest absolute Gasteiger partial charge is 0.177 e. The predicted molar refractivity (Wildman–Crippen MR) is 84.0 cm³/mol. The van der Waals surface area contributed by atoms with E-state index >= 15 is 0 Å². The highest BCUT2D eigenvalue weighted by Crippen LogP contribution is 2.51. The second kappa shape index (κ2) is 5.36. The maximum absolute atomic E-state index is 13.1. The van der Waals surface area contributed by atoms with Gasteiger partial charge in [-0.2, -0.15) is 0 Å². The molecule has 1 fully saturated rings. The van der Waals surface area contributed by atoms with Gasteiger partial charge < -0.3 is 4.74 Å². The second-order valence-corrected chi connectivity index (χ2v) is 5.71. The summed E-state index contributed by atoms with van der Waals surface area (Å²) in [6.07, 6.45) is 1.85. The molecule has 0 radical (unpaired) electrons. The largest absolute Gasteiger partial charge is 0.493 e. The average Bonchev–Trinajstić information content (AvgIpc) is 3.31. The molecule has 0 aromatic heterocycles. The van der Waals surface area contributed by atoms with E-state index in [1.54, 1.807) is 0 Å². The van der Waals surface area contributed by atoms with Crippen LogP contribution in [0.3, 0.4) is 0 Å². The summed E-state index contributed by atoms with van der Waals surface area (Å²) in [4.78, 5) is 13.1. The SMILES string of the molecule is CCOc1ccc(C)cc1C(=O)C1(c2ccccc2)CC1. The number of aryl methyl sites for hydroxylation is 1. The molecule has 0 heterocycles. The lowest BCUT2D eigenvalue weighted by Crippen LogP contribution is -2.21. The van der Waals surface area contributed by atoms with Crippen molar-refractivity contribution < 1.29 is 9.53 Å². The third-order valence-electron chi connectivity index (χ3n) is 4.19. The fraction of sp³-hybridized carbons (Fsp3) is 0.316. The number of Topliss-reactive ketones (excluding diaryl/α,β-unsaturated/α-hetero) is 1. The minimum Gasteiger partial charge on any atom is -0.493 e. The molecule has 2 nitrogen and oxygen atoms in total. The van der Waals surface area contributed by atoms with Gasteiger partial charge in [-0.3, -0.25) is 4.79 Å². The quantitative estimate of drug-likeness (QED) is 0.763. The van der Waals surface area contributed by atoms with Gasteiger partial charge in [-0.05, 0) is 44.4 Å². The Balaban J connectivity index is 2.01. The van der Waals surface area contributed by atoms with Crippen LogP contribution in [0.15, 0.2) is 48.5 Å². The number of ether oxygens (including phenoxy) is 1. The van der Waals surface area contributed by atoms with Crippen molar-refractivity contribution in [2.75, 3.05) is 6.61 Å². The van der Waals surface area contributed by atoms with Crippen molar-refractivity contribution in [1.82, 2.24) is 0 Å². The molecule has 0 N–H and O–H groups in total. The number of hydrogen-bond acceptors (Lipinski definition) is 2. The van der Waals surface area contributed by atoms with Crippen LogP contribution in [-0.2, 0) is 5.41 Å². The van der Waals surface area contributed by atoms with Crippen LogP contribution in [0, 0.1) is 6.92 Å². The van der Waals surface area contributed by atoms with Crippen LogP contribution in [0.2, 0.25) is 0 Å². The zero-order chi connectivity index (χ0) is 14.9. The summed E-state index contributed by atoms with van der Waals surface area (Å²) < 4.78 is 5.65. The Morgan fingerprint density at radius 3 is 2.48 bits per heavy atom. The highest BCUT2D eigenvalue weighted by Gasteiger charge is 2.51. The summed E-state index contributed by atoms with van der Waals surface area (Å²) in [6, 6.07) is 16.0. The van der Waals surface area contributed by atoms with Crippen molar-refractivity contribution in [3.63, 3.8) is 0 Å². The zero-order valence-electron chi connectivity index (χ0n) is 12.6. The summed E-state index contributed by atoms with van der Waals surface area (Å²) in [5.74, 6) is 0.899. The Morgan fingerprint density at radius 1 is 1.14 bits per heavy atom. The molecule has 0 unspecified atom stereocenters. The van der Waals surface area contributed by atoms with Crippen LogP contribution >= 0.6 is 0 Å². The highest BCUT2D eigenvalue weighted by molar-refractivity contribution is 6.08. The van der Waals surface area contributed by atoms with Gasteiger partial charge in [-0.25, -0.2) is 0 Å². The number of benzene rings is 2. The summed E-state index contributed by atoms with van der Waals surface area (Å²) in [5.41, 5.74) is 2.60. The van der Waals surface area contributed by atoms with Crippen LogP contribution in [0.25, 0.3) is 0 Å². The van der Waals surface area contributed by atoms with E-state index in [1.165, 1.54) is 0 Å². The normalized spacial score (nSPS) is 15.5. The van der Waals surface area contributed by atoms with E-state index in [0.717, 1.165) is 29.5 Å². The van der Waals surface area contributed by atoms with Gasteiger partial charge in [0.15, 0.2) is 5.78 Å². The van der Waals surface area contributed by atoms with Gasteiger partial charge in [0.25, 0.3) is 0 Å². The molecule has 1 saturated carbocycles. The fourth-order valence-electron chi connectivity index (χ4n) is 2.89. The summed E-state index contributed by atoms with van der Waals surface area (Å²) in [6.45, 7) is 4.52. The minimum atomic E-state index is -0.332. The lowest BCUT2D eigenvalue weighted by Gasteiger charge is -2.17. The molecule has 0 amide bonds.